The van der Waals surface area contributed by atoms with Gasteiger partial charge < -0.3 is 16.0 Å². The van der Waals surface area contributed by atoms with Gasteiger partial charge in [-0.3, -0.25) is 14.4 Å². The first-order valence-electron chi connectivity index (χ1n) is 13.8. The van der Waals surface area contributed by atoms with E-state index < -0.39 is 5.91 Å². The number of amides is 3. The molecule has 0 aliphatic rings. The molecule has 0 heterocycles. The van der Waals surface area contributed by atoms with Crippen molar-refractivity contribution in [3.05, 3.63) is 131 Å². The fourth-order valence-corrected chi connectivity index (χ4v) is 4.87. The quantitative estimate of drug-likeness (QED) is 0.134. The molecule has 0 aliphatic carbocycles. The number of aryl methyl sites for hydroxylation is 2. The van der Waals surface area contributed by atoms with Crippen molar-refractivity contribution in [2.24, 2.45) is 0 Å². The number of nitrogens with one attached hydrogen (secondary N) is 3. The zero-order valence-electron chi connectivity index (χ0n) is 24.2. The summed E-state index contributed by atoms with van der Waals surface area (Å²) in [4.78, 5) is 39.7. The molecule has 7 heteroatoms. The smallest absolute Gasteiger partial charge is 0.272 e. The highest BCUT2D eigenvalue weighted by atomic mass is 32.2. The summed E-state index contributed by atoms with van der Waals surface area (Å²) in [5, 5.41) is 8.60. The summed E-state index contributed by atoms with van der Waals surface area (Å²) in [6.07, 6.45) is 1.66. The van der Waals surface area contributed by atoms with E-state index in [1.165, 1.54) is 22.9 Å². The van der Waals surface area contributed by atoms with Crippen LogP contribution in [0.2, 0.25) is 0 Å². The first-order valence-corrected chi connectivity index (χ1v) is 14.8. The molecule has 4 aromatic rings. The van der Waals surface area contributed by atoms with Crippen molar-refractivity contribution in [3.63, 3.8) is 0 Å². The van der Waals surface area contributed by atoms with Crippen LogP contribution in [0.3, 0.4) is 0 Å². The van der Waals surface area contributed by atoms with Crippen LogP contribution in [0.25, 0.3) is 6.08 Å². The normalized spacial score (nSPS) is 11.2. The first-order chi connectivity index (χ1) is 20.2. The molecule has 0 aromatic heterocycles. The Balaban J connectivity index is 1.46. The molecule has 4 aromatic carbocycles. The van der Waals surface area contributed by atoms with Gasteiger partial charge in [0, 0.05) is 21.8 Å². The lowest BCUT2D eigenvalue weighted by Gasteiger charge is -2.13. The lowest BCUT2D eigenvalue weighted by molar-refractivity contribution is -0.114. The second-order valence-corrected chi connectivity index (χ2v) is 11.4. The molecule has 3 amide bonds. The second-order valence-electron chi connectivity index (χ2n) is 10.3. The largest absolute Gasteiger partial charge is 0.325 e. The SMILES string of the molecule is Cc1ccc(NC(=O)CSc2cccc(NC(=O)/C(=C\c3ccc(C(C)C)cc3)NC(=O)c3ccccc3)c2)cc1C. The maximum absolute atomic E-state index is 13.4. The Morgan fingerprint density at radius 2 is 1.48 bits per heavy atom. The van der Waals surface area contributed by atoms with E-state index in [1.807, 2.05) is 74.5 Å². The summed E-state index contributed by atoms with van der Waals surface area (Å²) in [5.41, 5.74) is 6.14. The van der Waals surface area contributed by atoms with Crippen LogP contribution in [0, 0.1) is 13.8 Å². The Hall–Kier alpha value is -4.62. The Morgan fingerprint density at radius 1 is 0.762 bits per heavy atom. The van der Waals surface area contributed by atoms with E-state index in [4.69, 9.17) is 0 Å². The van der Waals surface area contributed by atoms with E-state index in [0.717, 1.165) is 21.7 Å². The van der Waals surface area contributed by atoms with E-state index >= 15 is 0 Å². The van der Waals surface area contributed by atoms with Crippen molar-refractivity contribution in [1.82, 2.24) is 5.32 Å². The molecule has 0 fully saturated rings. The molecule has 3 N–H and O–H groups in total. The summed E-state index contributed by atoms with van der Waals surface area (Å²) < 4.78 is 0. The molecular weight excluding hydrogens is 542 g/mol. The number of thioether (sulfide) groups is 1. The minimum Gasteiger partial charge on any atom is -0.325 e. The number of carbonyl (C=O) groups is 3. The lowest BCUT2D eigenvalue weighted by Crippen LogP contribution is -2.30. The minimum atomic E-state index is -0.457. The average Bonchev–Trinajstić information content (AvgIpc) is 2.98. The summed E-state index contributed by atoms with van der Waals surface area (Å²) in [5.74, 6) is -0.354. The van der Waals surface area contributed by atoms with Crippen LogP contribution in [-0.4, -0.2) is 23.5 Å². The van der Waals surface area contributed by atoms with Gasteiger partial charge >= 0.3 is 0 Å². The van der Waals surface area contributed by atoms with Gasteiger partial charge in [-0.2, -0.15) is 0 Å². The van der Waals surface area contributed by atoms with Gasteiger partial charge in [0.1, 0.15) is 5.70 Å². The van der Waals surface area contributed by atoms with Crippen LogP contribution in [-0.2, 0) is 9.59 Å². The molecule has 214 valence electrons. The number of carbonyl (C=O) groups excluding carboxylic acids is 3. The lowest BCUT2D eigenvalue weighted by atomic mass is 10.0. The van der Waals surface area contributed by atoms with Crippen LogP contribution in [0.15, 0.2) is 108 Å². The monoisotopic (exact) mass is 577 g/mol. The summed E-state index contributed by atoms with van der Waals surface area (Å²) in [7, 11) is 0. The molecular formula is C35H35N3O3S. The summed E-state index contributed by atoms with van der Waals surface area (Å²) >= 11 is 1.37. The van der Waals surface area contributed by atoms with Gasteiger partial charge in [-0.05, 0) is 90.6 Å². The highest BCUT2D eigenvalue weighted by Gasteiger charge is 2.16. The molecule has 42 heavy (non-hydrogen) atoms. The molecule has 4 rings (SSSR count). The van der Waals surface area contributed by atoms with Crippen molar-refractivity contribution in [2.75, 3.05) is 16.4 Å². The van der Waals surface area contributed by atoms with Crippen LogP contribution >= 0.6 is 11.8 Å². The van der Waals surface area contributed by atoms with Crippen LogP contribution < -0.4 is 16.0 Å². The average molecular weight is 578 g/mol. The number of anilines is 2. The van der Waals surface area contributed by atoms with Crippen molar-refractivity contribution in [2.45, 2.75) is 38.5 Å². The zero-order chi connectivity index (χ0) is 30.1. The number of hydrogen-bond acceptors (Lipinski definition) is 4. The third-order valence-corrected chi connectivity index (χ3v) is 7.69. The minimum absolute atomic E-state index is 0.116. The van der Waals surface area contributed by atoms with Crippen LogP contribution in [0.4, 0.5) is 11.4 Å². The second kappa shape index (κ2) is 14.3. The van der Waals surface area contributed by atoms with E-state index in [-0.39, 0.29) is 23.3 Å². The molecule has 0 aliphatic heterocycles. The van der Waals surface area contributed by atoms with Gasteiger partial charge in [0.05, 0.1) is 5.75 Å². The van der Waals surface area contributed by atoms with Gasteiger partial charge in [0.2, 0.25) is 5.91 Å². The molecule has 0 radical (unpaired) electrons. The van der Waals surface area contributed by atoms with E-state index in [9.17, 15) is 14.4 Å². The molecule has 0 saturated heterocycles. The van der Waals surface area contributed by atoms with E-state index in [1.54, 1.807) is 42.5 Å². The van der Waals surface area contributed by atoms with E-state index in [2.05, 4.69) is 29.8 Å². The number of hydrogen-bond donors (Lipinski definition) is 3. The van der Waals surface area contributed by atoms with Gasteiger partial charge in [0.15, 0.2) is 0 Å². The maximum atomic E-state index is 13.4. The molecule has 0 spiro atoms. The Bertz CT molecular complexity index is 1600. The third-order valence-electron chi connectivity index (χ3n) is 6.70. The van der Waals surface area contributed by atoms with Gasteiger partial charge in [-0.1, -0.05) is 68.4 Å². The molecule has 0 atom stereocenters. The zero-order valence-corrected chi connectivity index (χ0v) is 25.0. The number of benzene rings is 4. The molecule has 0 saturated carbocycles. The fourth-order valence-electron chi connectivity index (χ4n) is 4.11. The molecule has 0 unspecified atom stereocenters. The Morgan fingerprint density at radius 3 is 2.17 bits per heavy atom. The highest BCUT2D eigenvalue weighted by molar-refractivity contribution is 8.00. The number of rotatable bonds is 10. The topological polar surface area (TPSA) is 87.3 Å². The predicted molar refractivity (Wildman–Crippen MR) is 173 cm³/mol. The van der Waals surface area contributed by atoms with Crippen molar-refractivity contribution >= 4 is 46.9 Å². The molecule has 0 bridgehead atoms. The van der Waals surface area contributed by atoms with Crippen LogP contribution in [0.5, 0.6) is 0 Å². The van der Waals surface area contributed by atoms with E-state index in [0.29, 0.717) is 17.2 Å². The maximum Gasteiger partial charge on any atom is 0.272 e. The van der Waals surface area contributed by atoms with Gasteiger partial charge in [-0.25, -0.2) is 0 Å². The standard InChI is InChI=1S/C35H35N3O3S/c1-23(2)27-16-14-26(15-17-27)20-32(38-34(40)28-9-6-5-7-10-28)35(41)37-29-11-8-12-31(21-29)42-22-33(39)36-30-18-13-24(3)25(4)19-30/h5-21,23H,22H2,1-4H3,(H,36,39)(H,37,41)(H,38,40)/b32-20+. The van der Waals surface area contributed by atoms with Gasteiger partial charge in [-0.15, -0.1) is 11.8 Å². The molecule has 6 nitrogen and oxygen atoms in total. The van der Waals surface area contributed by atoms with Crippen molar-refractivity contribution in [1.29, 1.82) is 0 Å². The van der Waals surface area contributed by atoms with Gasteiger partial charge in [0.25, 0.3) is 11.8 Å². The Kier molecular flexibility index (Phi) is 10.3. The first kappa shape index (κ1) is 30.3. The summed E-state index contributed by atoms with van der Waals surface area (Å²) in [6.45, 7) is 8.28. The highest BCUT2D eigenvalue weighted by Crippen LogP contribution is 2.23. The Labute approximate surface area is 251 Å². The van der Waals surface area contributed by atoms with Crippen molar-refractivity contribution < 1.29 is 14.4 Å². The summed E-state index contributed by atoms with van der Waals surface area (Å²) in [6, 6.07) is 29.7. The van der Waals surface area contributed by atoms with Crippen LogP contribution in [0.1, 0.15) is 52.4 Å². The third kappa shape index (κ3) is 8.69. The predicted octanol–water partition coefficient (Wildman–Crippen LogP) is 7.57. The van der Waals surface area contributed by atoms with Crippen molar-refractivity contribution in [3.8, 4) is 0 Å². The fraction of sp³-hybridized carbons (Fsp3) is 0.171.